The number of rotatable bonds is 7. The van der Waals surface area contributed by atoms with Crippen molar-refractivity contribution in [3.63, 3.8) is 0 Å². The van der Waals surface area contributed by atoms with E-state index in [1.807, 2.05) is 42.5 Å². The molecular weight excluding hydrogens is 460 g/mol. The molecule has 2 heterocycles. The number of fused-ring (bicyclic) bond motifs is 1. The lowest BCUT2D eigenvalue weighted by molar-refractivity contribution is -0.126. The quantitative estimate of drug-likeness (QED) is 0.458. The van der Waals surface area contributed by atoms with Crippen LogP contribution in [0.4, 0.5) is 11.4 Å². The van der Waals surface area contributed by atoms with Crippen LogP contribution in [0.3, 0.4) is 0 Å². The van der Waals surface area contributed by atoms with Crippen LogP contribution in [-0.2, 0) is 20.8 Å². The highest BCUT2D eigenvalue weighted by atomic mass is 16.7. The van der Waals surface area contributed by atoms with Gasteiger partial charge in [-0.2, -0.15) is 0 Å². The number of nitrogens with zero attached hydrogens (tertiary/aromatic N) is 2. The second-order valence-electron chi connectivity index (χ2n) is 8.64. The van der Waals surface area contributed by atoms with Crippen LogP contribution in [0.2, 0.25) is 0 Å². The Balaban J connectivity index is 1.63. The first-order valence-corrected chi connectivity index (χ1v) is 11.8. The third-order valence-corrected chi connectivity index (χ3v) is 6.78. The third-order valence-electron chi connectivity index (χ3n) is 6.78. The summed E-state index contributed by atoms with van der Waals surface area (Å²) in [5.41, 5.74) is 3.02. The number of anilines is 2. The third kappa shape index (κ3) is 3.74. The van der Waals surface area contributed by atoms with E-state index in [4.69, 9.17) is 19.0 Å². The number of imide groups is 1. The van der Waals surface area contributed by atoms with Crippen molar-refractivity contribution in [3.8, 4) is 17.2 Å². The summed E-state index contributed by atoms with van der Waals surface area (Å²) in [7, 11) is 4.64. The lowest BCUT2D eigenvalue weighted by Gasteiger charge is -2.30. The Morgan fingerprint density at radius 2 is 1.42 bits per heavy atom. The van der Waals surface area contributed by atoms with Crippen LogP contribution in [0.25, 0.3) is 0 Å². The molecule has 0 N–H and O–H groups in total. The topological polar surface area (TPSA) is 77.5 Å². The first kappa shape index (κ1) is 23.7. The van der Waals surface area contributed by atoms with Crippen molar-refractivity contribution < 1.29 is 28.6 Å². The SMILES string of the molecule is CCc1ccc(N2C(=O)[C@H]3[C@H](ON(c4ccccc4)[C@H]3c3cc(OC)c(OC)cc3OC)C2=O)cc1. The van der Waals surface area contributed by atoms with Gasteiger partial charge in [0.15, 0.2) is 17.6 Å². The summed E-state index contributed by atoms with van der Waals surface area (Å²) in [6.45, 7) is 2.05. The highest BCUT2D eigenvalue weighted by Gasteiger charge is 2.60. The molecule has 3 atom stereocenters. The number of carbonyl (C=O) groups excluding carboxylic acids is 2. The van der Waals surface area contributed by atoms with Crippen molar-refractivity contribution in [2.75, 3.05) is 31.3 Å². The maximum absolute atomic E-state index is 13.9. The minimum absolute atomic E-state index is 0.325. The molecule has 0 unspecified atom stereocenters. The predicted octanol–water partition coefficient (Wildman–Crippen LogP) is 4.33. The molecule has 186 valence electrons. The number of amides is 2. The molecule has 5 rings (SSSR count). The lowest BCUT2D eigenvalue weighted by Crippen LogP contribution is -2.37. The van der Waals surface area contributed by atoms with Gasteiger partial charge < -0.3 is 14.2 Å². The zero-order valence-electron chi connectivity index (χ0n) is 20.6. The summed E-state index contributed by atoms with van der Waals surface area (Å²) in [4.78, 5) is 34.9. The second kappa shape index (κ2) is 9.54. The Morgan fingerprint density at radius 3 is 2.03 bits per heavy atom. The zero-order valence-corrected chi connectivity index (χ0v) is 20.6. The highest BCUT2D eigenvalue weighted by Crippen LogP contribution is 2.51. The van der Waals surface area contributed by atoms with Crippen LogP contribution < -0.4 is 24.2 Å². The van der Waals surface area contributed by atoms with E-state index >= 15 is 0 Å². The van der Waals surface area contributed by atoms with Gasteiger partial charge in [-0.3, -0.25) is 14.4 Å². The molecule has 2 aliphatic rings. The molecule has 0 bridgehead atoms. The minimum atomic E-state index is -0.980. The van der Waals surface area contributed by atoms with E-state index in [0.717, 1.165) is 12.0 Å². The fourth-order valence-corrected chi connectivity index (χ4v) is 4.95. The summed E-state index contributed by atoms with van der Waals surface area (Å²) in [6.07, 6.45) is -0.115. The number of carbonyl (C=O) groups is 2. The van der Waals surface area contributed by atoms with Crippen molar-refractivity contribution in [2.24, 2.45) is 5.92 Å². The molecule has 3 aromatic rings. The first-order valence-electron chi connectivity index (χ1n) is 11.8. The van der Waals surface area contributed by atoms with E-state index < -0.39 is 24.0 Å². The van der Waals surface area contributed by atoms with E-state index in [1.54, 1.807) is 50.7 Å². The molecule has 0 aromatic heterocycles. The predicted molar refractivity (Wildman–Crippen MR) is 134 cm³/mol. The number of aryl methyl sites for hydroxylation is 1. The number of hydrogen-bond donors (Lipinski definition) is 0. The minimum Gasteiger partial charge on any atom is -0.496 e. The summed E-state index contributed by atoms with van der Waals surface area (Å²) >= 11 is 0. The van der Waals surface area contributed by atoms with Crippen molar-refractivity contribution >= 4 is 23.2 Å². The van der Waals surface area contributed by atoms with Gasteiger partial charge in [-0.25, -0.2) is 9.96 Å². The van der Waals surface area contributed by atoms with Gasteiger partial charge in [-0.1, -0.05) is 37.3 Å². The fraction of sp³-hybridized carbons (Fsp3) is 0.286. The summed E-state index contributed by atoms with van der Waals surface area (Å²) in [5, 5.41) is 1.63. The standard InChI is InChI=1S/C28H28N2O6/c1-5-17-11-13-18(14-12-17)29-27(31)24-25(20-15-22(34-3)23(35-4)16-21(20)33-2)30(36-26(24)28(29)32)19-9-7-6-8-10-19/h6-16,24-26H,5H2,1-4H3/t24-,25+,26+/m1/s1. The van der Waals surface area contributed by atoms with E-state index in [-0.39, 0.29) is 5.91 Å². The Labute approximate surface area is 209 Å². The number of benzene rings is 3. The maximum Gasteiger partial charge on any atom is 0.266 e. The van der Waals surface area contributed by atoms with Crippen molar-refractivity contribution in [2.45, 2.75) is 25.5 Å². The average molecular weight is 489 g/mol. The van der Waals surface area contributed by atoms with E-state index in [0.29, 0.717) is 34.2 Å². The van der Waals surface area contributed by atoms with Crippen LogP contribution in [-0.4, -0.2) is 39.2 Å². The Kier molecular flexibility index (Phi) is 6.28. The van der Waals surface area contributed by atoms with Gasteiger partial charge in [-0.05, 0) is 42.3 Å². The molecule has 3 aromatic carbocycles. The molecule has 36 heavy (non-hydrogen) atoms. The van der Waals surface area contributed by atoms with Crippen LogP contribution in [0.5, 0.6) is 17.2 Å². The monoisotopic (exact) mass is 488 g/mol. The molecule has 0 aliphatic carbocycles. The molecule has 2 saturated heterocycles. The Morgan fingerprint density at radius 1 is 0.778 bits per heavy atom. The normalized spacial score (nSPS) is 21.1. The smallest absolute Gasteiger partial charge is 0.266 e. The maximum atomic E-state index is 13.9. The van der Waals surface area contributed by atoms with Gasteiger partial charge in [-0.15, -0.1) is 0 Å². The molecule has 8 nitrogen and oxygen atoms in total. The Hall–Kier alpha value is -4.04. The van der Waals surface area contributed by atoms with Crippen LogP contribution >= 0.6 is 0 Å². The van der Waals surface area contributed by atoms with Gasteiger partial charge >= 0.3 is 0 Å². The van der Waals surface area contributed by atoms with Crippen molar-refractivity contribution in [1.29, 1.82) is 0 Å². The van der Waals surface area contributed by atoms with Gasteiger partial charge in [0.25, 0.3) is 5.91 Å². The van der Waals surface area contributed by atoms with Gasteiger partial charge in [0.1, 0.15) is 17.7 Å². The van der Waals surface area contributed by atoms with Gasteiger partial charge in [0.2, 0.25) is 5.91 Å². The largest absolute Gasteiger partial charge is 0.496 e. The highest BCUT2D eigenvalue weighted by molar-refractivity contribution is 6.24. The number of hydrogen-bond acceptors (Lipinski definition) is 7. The van der Waals surface area contributed by atoms with Gasteiger partial charge in [0, 0.05) is 11.6 Å². The van der Waals surface area contributed by atoms with Crippen LogP contribution in [0, 0.1) is 5.92 Å². The number of ether oxygens (including phenoxy) is 3. The van der Waals surface area contributed by atoms with E-state index in [2.05, 4.69) is 6.92 Å². The van der Waals surface area contributed by atoms with Crippen LogP contribution in [0.1, 0.15) is 24.1 Å². The molecule has 0 saturated carbocycles. The van der Waals surface area contributed by atoms with Crippen molar-refractivity contribution in [1.82, 2.24) is 0 Å². The number of methoxy groups -OCH3 is 3. The Bertz CT molecular complexity index is 1280. The molecule has 0 spiro atoms. The zero-order chi connectivity index (χ0) is 25.4. The average Bonchev–Trinajstić information content (AvgIpc) is 3.43. The lowest BCUT2D eigenvalue weighted by atomic mass is 9.89. The summed E-state index contributed by atoms with van der Waals surface area (Å²) in [5.74, 6) is -0.0455. The molecular formula is C28H28N2O6. The van der Waals surface area contributed by atoms with E-state index in [1.165, 1.54) is 4.90 Å². The number of para-hydroxylation sites is 1. The molecule has 8 heteroatoms. The first-order chi connectivity index (χ1) is 17.5. The second-order valence-corrected chi connectivity index (χ2v) is 8.64. The van der Waals surface area contributed by atoms with Crippen LogP contribution in [0.15, 0.2) is 66.7 Å². The molecule has 2 fully saturated rings. The van der Waals surface area contributed by atoms with Gasteiger partial charge in [0.05, 0.1) is 32.7 Å². The fourth-order valence-electron chi connectivity index (χ4n) is 4.95. The number of hydroxylamine groups is 1. The van der Waals surface area contributed by atoms with Crippen molar-refractivity contribution in [3.05, 3.63) is 77.9 Å². The summed E-state index contributed by atoms with van der Waals surface area (Å²) in [6, 6.07) is 19.7. The summed E-state index contributed by atoms with van der Waals surface area (Å²) < 4.78 is 16.7. The molecule has 2 aliphatic heterocycles. The molecule has 2 amide bonds. The molecule has 0 radical (unpaired) electrons. The van der Waals surface area contributed by atoms with E-state index in [9.17, 15) is 9.59 Å².